The van der Waals surface area contributed by atoms with E-state index in [0.29, 0.717) is 29.0 Å². The molecule has 1 aliphatic heterocycles. The minimum absolute atomic E-state index is 0.0455. The van der Waals surface area contributed by atoms with Gasteiger partial charge < -0.3 is 9.30 Å². The summed E-state index contributed by atoms with van der Waals surface area (Å²) in [5, 5.41) is 5.09. The number of fused-ring (bicyclic) bond motifs is 2. The molecule has 5 rings (SSSR count). The molecule has 1 fully saturated rings. The smallest absolute Gasteiger partial charge is 0.262 e. The van der Waals surface area contributed by atoms with Crippen LogP contribution in [-0.4, -0.2) is 61.9 Å². The van der Waals surface area contributed by atoms with E-state index in [1.165, 1.54) is 0 Å². The summed E-state index contributed by atoms with van der Waals surface area (Å²) in [6, 6.07) is 11.8. The molecule has 0 bridgehead atoms. The van der Waals surface area contributed by atoms with E-state index < -0.39 is 0 Å². The van der Waals surface area contributed by atoms with Crippen LogP contribution in [-0.2, 0) is 11.3 Å². The van der Waals surface area contributed by atoms with Crippen LogP contribution < -0.4 is 5.56 Å². The molecular formula is C22H24N6O2. The first kappa shape index (κ1) is 18.9. The Balaban J connectivity index is 1.57. The van der Waals surface area contributed by atoms with Gasteiger partial charge in [0.2, 0.25) is 0 Å². The first-order valence-electron chi connectivity index (χ1n) is 10.3. The zero-order valence-electron chi connectivity index (χ0n) is 17.0. The first-order chi connectivity index (χ1) is 14.7. The monoisotopic (exact) mass is 404 g/mol. The summed E-state index contributed by atoms with van der Waals surface area (Å²) in [5.41, 5.74) is 2.26. The van der Waals surface area contributed by atoms with Gasteiger partial charge in [-0.05, 0) is 19.4 Å². The van der Waals surface area contributed by atoms with Crippen molar-refractivity contribution in [2.45, 2.75) is 19.9 Å². The summed E-state index contributed by atoms with van der Waals surface area (Å²) in [4.78, 5) is 24.9. The number of rotatable bonds is 5. The molecule has 4 aromatic rings. The number of benzene rings is 1. The maximum absolute atomic E-state index is 13.5. The van der Waals surface area contributed by atoms with Gasteiger partial charge in [0.25, 0.3) is 11.3 Å². The van der Waals surface area contributed by atoms with E-state index in [-0.39, 0.29) is 5.56 Å². The molecule has 3 aromatic heterocycles. The van der Waals surface area contributed by atoms with Crippen LogP contribution in [0, 0.1) is 6.92 Å². The van der Waals surface area contributed by atoms with E-state index in [4.69, 9.17) is 4.74 Å². The molecule has 4 heterocycles. The number of morpholine rings is 1. The van der Waals surface area contributed by atoms with Crippen LogP contribution in [0.5, 0.6) is 0 Å². The van der Waals surface area contributed by atoms with Crippen molar-refractivity contribution < 1.29 is 4.74 Å². The average molecular weight is 404 g/mol. The lowest BCUT2D eigenvalue weighted by Gasteiger charge is -2.26. The quantitative estimate of drug-likeness (QED) is 0.507. The van der Waals surface area contributed by atoms with Crippen molar-refractivity contribution in [3.8, 4) is 11.3 Å². The van der Waals surface area contributed by atoms with E-state index in [9.17, 15) is 4.79 Å². The number of pyridine rings is 1. The molecule has 1 aromatic carbocycles. The lowest BCUT2D eigenvalue weighted by Crippen LogP contribution is -2.37. The maximum Gasteiger partial charge on any atom is 0.262 e. The molecule has 0 aliphatic carbocycles. The zero-order valence-corrected chi connectivity index (χ0v) is 17.0. The van der Waals surface area contributed by atoms with E-state index in [0.717, 1.165) is 50.5 Å². The summed E-state index contributed by atoms with van der Waals surface area (Å²) < 4.78 is 8.88. The van der Waals surface area contributed by atoms with Gasteiger partial charge >= 0.3 is 0 Å². The van der Waals surface area contributed by atoms with Crippen LogP contribution in [0.1, 0.15) is 12.2 Å². The van der Waals surface area contributed by atoms with Gasteiger partial charge in [-0.3, -0.25) is 9.69 Å². The highest BCUT2D eigenvalue weighted by molar-refractivity contribution is 5.93. The Labute approximate surface area is 173 Å². The van der Waals surface area contributed by atoms with Crippen molar-refractivity contribution >= 4 is 16.7 Å². The number of ether oxygens (including phenoxy) is 1. The lowest BCUT2D eigenvalue weighted by molar-refractivity contribution is 0.0369. The molecule has 0 spiro atoms. The Morgan fingerprint density at radius 2 is 1.83 bits per heavy atom. The van der Waals surface area contributed by atoms with E-state index >= 15 is 0 Å². The first-order valence-corrected chi connectivity index (χ1v) is 10.3. The highest BCUT2D eigenvalue weighted by Crippen LogP contribution is 2.26. The van der Waals surface area contributed by atoms with Crippen LogP contribution in [0.2, 0.25) is 0 Å². The molecular weight excluding hydrogens is 380 g/mol. The van der Waals surface area contributed by atoms with Crippen molar-refractivity contribution in [1.29, 1.82) is 0 Å². The highest BCUT2D eigenvalue weighted by Gasteiger charge is 2.18. The number of nitrogens with zero attached hydrogens (tertiary/aromatic N) is 6. The van der Waals surface area contributed by atoms with Gasteiger partial charge in [0.15, 0.2) is 0 Å². The molecule has 0 amide bonds. The average Bonchev–Trinajstić information content (AvgIpc) is 3.15. The molecule has 0 unspecified atom stereocenters. The molecule has 30 heavy (non-hydrogen) atoms. The van der Waals surface area contributed by atoms with Crippen molar-refractivity contribution in [2.75, 3.05) is 32.8 Å². The summed E-state index contributed by atoms with van der Waals surface area (Å²) in [5.74, 6) is 1.13. The fourth-order valence-electron chi connectivity index (χ4n) is 4.05. The van der Waals surface area contributed by atoms with Gasteiger partial charge in [-0.15, -0.1) is 5.10 Å². The Bertz CT molecular complexity index is 1240. The van der Waals surface area contributed by atoms with Gasteiger partial charge in [-0.2, -0.15) is 9.50 Å². The molecule has 1 saturated heterocycles. The molecule has 0 radical (unpaired) electrons. The summed E-state index contributed by atoms with van der Waals surface area (Å²) in [6.07, 6.45) is 2.75. The Morgan fingerprint density at radius 3 is 2.63 bits per heavy atom. The fourth-order valence-corrected chi connectivity index (χ4v) is 4.05. The topological polar surface area (TPSA) is 77.6 Å². The molecule has 8 heteroatoms. The number of aromatic nitrogens is 5. The molecule has 8 nitrogen and oxygen atoms in total. The predicted octanol–water partition coefficient (Wildman–Crippen LogP) is 2.14. The van der Waals surface area contributed by atoms with Crippen LogP contribution in [0.15, 0.2) is 47.4 Å². The third-order valence-electron chi connectivity index (χ3n) is 5.53. The number of aryl methyl sites for hydroxylation is 2. The Kier molecular flexibility index (Phi) is 5.02. The number of hydrogen-bond donors (Lipinski definition) is 0. The number of hydrogen-bond acceptors (Lipinski definition) is 6. The van der Waals surface area contributed by atoms with Crippen molar-refractivity contribution in [3.63, 3.8) is 0 Å². The second-order valence-corrected chi connectivity index (χ2v) is 7.58. The van der Waals surface area contributed by atoms with Crippen LogP contribution in [0.25, 0.3) is 27.9 Å². The molecule has 0 N–H and O–H groups in total. The minimum atomic E-state index is -0.0455. The van der Waals surface area contributed by atoms with Gasteiger partial charge in [0, 0.05) is 37.9 Å². The fraction of sp³-hybridized carbons (Fsp3) is 0.364. The van der Waals surface area contributed by atoms with E-state index in [1.54, 1.807) is 9.08 Å². The summed E-state index contributed by atoms with van der Waals surface area (Å²) in [7, 11) is 0. The SMILES string of the molecule is Cc1nc2nc3ccn(CCCN4CCOCC4)c(=O)c3c(-c3ccccc3)n2n1. The second kappa shape index (κ2) is 7.97. The van der Waals surface area contributed by atoms with Crippen LogP contribution in [0.4, 0.5) is 0 Å². The van der Waals surface area contributed by atoms with Crippen LogP contribution >= 0.6 is 0 Å². The predicted molar refractivity (Wildman–Crippen MR) is 115 cm³/mol. The summed E-state index contributed by atoms with van der Waals surface area (Å²) >= 11 is 0. The van der Waals surface area contributed by atoms with Crippen molar-refractivity contribution in [2.24, 2.45) is 0 Å². The van der Waals surface area contributed by atoms with Gasteiger partial charge in [0.1, 0.15) is 5.82 Å². The minimum Gasteiger partial charge on any atom is -0.379 e. The lowest BCUT2D eigenvalue weighted by atomic mass is 10.1. The Hall–Kier alpha value is -3.10. The molecule has 1 aliphatic rings. The van der Waals surface area contributed by atoms with Gasteiger partial charge in [0.05, 0.1) is 29.8 Å². The Morgan fingerprint density at radius 1 is 1.03 bits per heavy atom. The van der Waals surface area contributed by atoms with Gasteiger partial charge in [-0.1, -0.05) is 30.3 Å². The van der Waals surface area contributed by atoms with E-state index in [1.807, 2.05) is 49.5 Å². The van der Waals surface area contributed by atoms with Gasteiger partial charge in [-0.25, -0.2) is 4.98 Å². The maximum atomic E-state index is 13.5. The van der Waals surface area contributed by atoms with Crippen LogP contribution in [0.3, 0.4) is 0 Å². The zero-order chi connectivity index (χ0) is 20.5. The van der Waals surface area contributed by atoms with E-state index in [2.05, 4.69) is 20.0 Å². The van der Waals surface area contributed by atoms with Crippen molar-refractivity contribution in [3.05, 3.63) is 58.8 Å². The van der Waals surface area contributed by atoms with Crippen molar-refractivity contribution in [1.82, 2.24) is 29.0 Å². The third kappa shape index (κ3) is 3.48. The largest absolute Gasteiger partial charge is 0.379 e. The normalized spacial score (nSPS) is 15.2. The second-order valence-electron chi connectivity index (χ2n) is 7.58. The molecule has 0 saturated carbocycles. The standard InChI is InChI=1S/C22H24N6O2/c1-16-23-22-24-18-8-11-27(10-5-9-26-12-14-30-15-13-26)21(29)19(18)20(28(22)25-16)17-6-3-2-4-7-17/h2-4,6-8,11H,5,9-10,12-15H2,1H3. The molecule has 154 valence electrons. The third-order valence-corrected chi connectivity index (χ3v) is 5.53. The summed E-state index contributed by atoms with van der Waals surface area (Å²) in [6.45, 7) is 6.94. The molecule has 0 atom stereocenters. The highest BCUT2D eigenvalue weighted by atomic mass is 16.5.